The predicted octanol–water partition coefficient (Wildman–Crippen LogP) is 4.55. The molecule has 2 aromatic carbocycles. The van der Waals surface area contributed by atoms with E-state index in [9.17, 15) is 23.5 Å². The number of carbonyl (C=O) groups is 2. The second-order valence-electron chi connectivity index (χ2n) is 12.0. The minimum atomic E-state index is -1.05. The molecule has 236 valence electrons. The molecular formula is C34H47F2N3O4. The molecule has 2 aliphatic heterocycles. The summed E-state index contributed by atoms with van der Waals surface area (Å²) in [7, 11) is 0. The third kappa shape index (κ3) is 9.30. The lowest BCUT2D eigenvalue weighted by Gasteiger charge is -2.33. The molecular weight excluding hydrogens is 552 g/mol. The Labute approximate surface area is 254 Å². The van der Waals surface area contributed by atoms with Crippen LogP contribution in [0.5, 0.6) is 0 Å². The summed E-state index contributed by atoms with van der Waals surface area (Å²) in [5.41, 5.74) is 1.39. The van der Waals surface area contributed by atoms with Crippen LogP contribution in [0.4, 0.5) is 8.78 Å². The summed E-state index contributed by atoms with van der Waals surface area (Å²) in [6.45, 7) is 5.82. The van der Waals surface area contributed by atoms with Gasteiger partial charge in [-0.15, -0.1) is 0 Å². The molecule has 2 aromatic rings. The second-order valence-corrected chi connectivity index (χ2v) is 12.0. The Balaban J connectivity index is 1.55. The molecule has 0 bridgehead atoms. The van der Waals surface area contributed by atoms with Gasteiger partial charge in [0.1, 0.15) is 17.7 Å². The molecule has 3 N–H and O–H groups in total. The van der Waals surface area contributed by atoms with E-state index in [1.165, 1.54) is 12.1 Å². The fourth-order valence-electron chi connectivity index (χ4n) is 6.37. The van der Waals surface area contributed by atoms with Crippen molar-refractivity contribution in [3.63, 3.8) is 0 Å². The molecule has 2 saturated heterocycles. The third-order valence-corrected chi connectivity index (χ3v) is 8.70. The van der Waals surface area contributed by atoms with Crippen LogP contribution in [0.15, 0.2) is 48.5 Å². The van der Waals surface area contributed by atoms with E-state index < -0.39 is 29.8 Å². The number of hydrogen-bond donors (Lipinski definition) is 3. The molecule has 1 unspecified atom stereocenters. The molecule has 0 spiro atoms. The van der Waals surface area contributed by atoms with Crippen LogP contribution in [0, 0.1) is 17.6 Å². The van der Waals surface area contributed by atoms with Crippen molar-refractivity contribution in [2.75, 3.05) is 19.7 Å². The summed E-state index contributed by atoms with van der Waals surface area (Å²) in [4.78, 5) is 29.2. The number of nitrogens with one attached hydrogen (secondary N) is 2. The molecule has 0 saturated carbocycles. The van der Waals surface area contributed by atoms with Gasteiger partial charge in [0.15, 0.2) is 0 Å². The number of benzene rings is 2. The number of carbonyl (C=O) groups excluding carboxylic acids is 2. The number of aliphatic hydroxyl groups excluding tert-OH is 1. The maximum absolute atomic E-state index is 14.1. The highest BCUT2D eigenvalue weighted by Crippen LogP contribution is 2.27. The van der Waals surface area contributed by atoms with Gasteiger partial charge in [0.05, 0.1) is 18.2 Å². The highest BCUT2D eigenvalue weighted by molar-refractivity contribution is 5.89. The van der Waals surface area contributed by atoms with Crippen LogP contribution >= 0.6 is 0 Å². The number of aryl methyl sites for hydroxylation is 1. The molecule has 2 heterocycles. The SMILES string of the molecule is CCCC[C@H]1CCN(C(CCc2ccccc2)C(=O)N[C@@H](Cc2cc(F)cc(F)c2)[C@H](O)[C@H]2C[C@@H](OCCC)CN2)C1=O. The molecule has 2 aliphatic rings. The van der Waals surface area contributed by atoms with Crippen molar-refractivity contribution in [1.82, 2.24) is 15.5 Å². The van der Waals surface area contributed by atoms with E-state index in [0.717, 1.165) is 37.3 Å². The van der Waals surface area contributed by atoms with Crippen molar-refractivity contribution >= 4 is 11.8 Å². The molecule has 0 aromatic heterocycles. The van der Waals surface area contributed by atoms with Gasteiger partial charge in [0.25, 0.3) is 0 Å². The maximum Gasteiger partial charge on any atom is 0.243 e. The van der Waals surface area contributed by atoms with Crippen LogP contribution < -0.4 is 10.6 Å². The summed E-state index contributed by atoms with van der Waals surface area (Å²) in [6, 6.07) is 11.1. The van der Waals surface area contributed by atoms with Gasteiger partial charge in [0, 0.05) is 37.7 Å². The summed E-state index contributed by atoms with van der Waals surface area (Å²) in [5.74, 6) is -1.89. The van der Waals surface area contributed by atoms with E-state index in [1.54, 1.807) is 4.90 Å². The number of aliphatic hydroxyl groups is 1. The van der Waals surface area contributed by atoms with Gasteiger partial charge in [0.2, 0.25) is 11.8 Å². The van der Waals surface area contributed by atoms with Crippen LogP contribution in [0.2, 0.25) is 0 Å². The monoisotopic (exact) mass is 599 g/mol. The lowest BCUT2D eigenvalue weighted by molar-refractivity contribution is -0.140. The number of ether oxygens (including phenoxy) is 1. The second kappa shape index (κ2) is 16.3. The summed E-state index contributed by atoms with van der Waals surface area (Å²) >= 11 is 0. The van der Waals surface area contributed by atoms with Crippen molar-refractivity contribution in [2.45, 2.75) is 102 Å². The summed E-state index contributed by atoms with van der Waals surface area (Å²) in [5, 5.41) is 17.9. The zero-order chi connectivity index (χ0) is 30.8. The first kappa shape index (κ1) is 33.0. The molecule has 7 nitrogen and oxygen atoms in total. The van der Waals surface area contributed by atoms with E-state index in [1.807, 2.05) is 37.3 Å². The highest BCUT2D eigenvalue weighted by atomic mass is 19.1. The predicted molar refractivity (Wildman–Crippen MR) is 162 cm³/mol. The number of amides is 2. The number of likely N-dealkylation sites (tertiary alicyclic amines) is 1. The van der Waals surface area contributed by atoms with Crippen molar-refractivity contribution in [1.29, 1.82) is 0 Å². The van der Waals surface area contributed by atoms with E-state index in [2.05, 4.69) is 17.6 Å². The van der Waals surface area contributed by atoms with E-state index >= 15 is 0 Å². The average molecular weight is 600 g/mol. The largest absolute Gasteiger partial charge is 0.389 e. The summed E-state index contributed by atoms with van der Waals surface area (Å²) in [6.07, 6.45) is 4.85. The van der Waals surface area contributed by atoms with Gasteiger partial charge in [-0.25, -0.2) is 8.78 Å². The minimum absolute atomic E-state index is 0.000615. The highest BCUT2D eigenvalue weighted by Gasteiger charge is 2.40. The van der Waals surface area contributed by atoms with Crippen LogP contribution in [-0.4, -0.2) is 71.9 Å². The maximum atomic E-state index is 14.1. The fraction of sp³-hybridized carbons (Fsp3) is 0.588. The molecule has 2 amide bonds. The molecule has 43 heavy (non-hydrogen) atoms. The Morgan fingerprint density at radius 1 is 1.12 bits per heavy atom. The van der Waals surface area contributed by atoms with E-state index in [0.29, 0.717) is 50.9 Å². The molecule has 6 atom stereocenters. The Kier molecular flexibility index (Phi) is 12.5. The zero-order valence-electron chi connectivity index (χ0n) is 25.4. The first-order chi connectivity index (χ1) is 20.8. The molecule has 0 aliphatic carbocycles. The Hall–Kier alpha value is -2.88. The quantitative estimate of drug-likeness (QED) is 0.264. The number of nitrogens with zero attached hydrogens (tertiary/aromatic N) is 1. The Morgan fingerprint density at radius 2 is 1.86 bits per heavy atom. The van der Waals surface area contributed by atoms with Gasteiger partial charge in [-0.05, 0) is 68.2 Å². The van der Waals surface area contributed by atoms with E-state index in [4.69, 9.17) is 4.74 Å². The minimum Gasteiger partial charge on any atom is -0.389 e. The van der Waals surface area contributed by atoms with Crippen molar-refractivity contribution < 1.29 is 28.2 Å². The standard InChI is InChI=1S/C34H47F2N3O4/c1-3-5-11-25-14-15-39(34(25)42)31(13-12-23-9-7-6-8-10-23)33(41)38-30(19-24-17-26(35)20-27(36)18-24)32(40)29-21-28(22-37-29)43-16-4-2/h6-10,17-18,20,25,28-32,37,40H,3-5,11-16,19,21-22H2,1-2H3,(H,38,41)/t25-,28+,29+,30-,31?,32+/m0/s1. The lowest BCUT2D eigenvalue weighted by atomic mass is 9.94. The number of halogens is 2. The van der Waals surface area contributed by atoms with Crippen LogP contribution in [0.1, 0.15) is 69.9 Å². The first-order valence-corrected chi connectivity index (χ1v) is 15.9. The average Bonchev–Trinajstić information content (AvgIpc) is 3.61. The van der Waals surface area contributed by atoms with Gasteiger partial charge in [-0.1, -0.05) is 57.0 Å². The number of rotatable bonds is 16. The molecule has 9 heteroatoms. The van der Waals surface area contributed by atoms with Gasteiger partial charge >= 0.3 is 0 Å². The van der Waals surface area contributed by atoms with Crippen molar-refractivity contribution in [3.8, 4) is 0 Å². The van der Waals surface area contributed by atoms with Gasteiger partial charge in [-0.2, -0.15) is 0 Å². The fourth-order valence-corrected chi connectivity index (χ4v) is 6.37. The third-order valence-electron chi connectivity index (χ3n) is 8.70. The van der Waals surface area contributed by atoms with Gasteiger partial charge in [-0.3, -0.25) is 9.59 Å². The zero-order valence-corrected chi connectivity index (χ0v) is 25.4. The number of unbranched alkanes of at least 4 members (excludes halogenated alkanes) is 1. The Morgan fingerprint density at radius 3 is 2.56 bits per heavy atom. The van der Waals surface area contributed by atoms with Crippen molar-refractivity contribution in [3.05, 3.63) is 71.3 Å². The summed E-state index contributed by atoms with van der Waals surface area (Å²) < 4.78 is 34.1. The van der Waals surface area contributed by atoms with Crippen LogP contribution in [0.25, 0.3) is 0 Å². The lowest BCUT2D eigenvalue weighted by Crippen LogP contribution is -2.57. The number of hydrogen-bond acceptors (Lipinski definition) is 5. The topological polar surface area (TPSA) is 90.9 Å². The molecule has 0 radical (unpaired) electrons. The molecule has 2 fully saturated rings. The van der Waals surface area contributed by atoms with Crippen LogP contribution in [-0.2, 0) is 27.2 Å². The Bertz CT molecular complexity index is 1160. The van der Waals surface area contributed by atoms with Gasteiger partial charge < -0.3 is 25.4 Å². The van der Waals surface area contributed by atoms with Crippen LogP contribution in [0.3, 0.4) is 0 Å². The van der Waals surface area contributed by atoms with E-state index in [-0.39, 0.29) is 36.3 Å². The first-order valence-electron chi connectivity index (χ1n) is 15.9. The van der Waals surface area contributed by atoms with Crippen molar-refractivity contribution in [2.24, 2.45) is 5.92 Å². The smallest absolute Gasteiger partial charge is 0.243 e. The molecule has 4 rings (SSSR count). The normalized spacial score (nSPS) is 22.5.